The third kappa shape index (κ3) is 4.59. The maximum atomic E-state index is 13.1. The highest BCUT2D eigenvalue weighted by Gasteiger charge is 2.23. The standard InChI is InChI=1S/C25H29NO6/c1-28-22-11-10-17(24(29-2)25(22)30-3)13-26(15-19-7-6-12-31-19)14-18-16-32-21-9-5-4-8-20(21)23(18)27/h4-5,8-11,16,19H,6-7,12-15H2,1-3H3. The van der Waals surface area contributed by atoms with E-state index in [0.717, 1.165) is 25.0 Å². The molecule has 0 amide bonds. The van der Waals surface area contributed by atoms with Gasteiger partial charge in [0.15, 0.2) is 16.9 Å². The van der Waals surface area contributed by atoms with Crippen LogP contribution in [0.15, 0.2) is 51.9 Å². The zero-order valence-corrected chi connectivity index (χ0v) is 18.8. The van der Waals surface area contributed by atoms with Crippen LogP contribution in [0.1, 0.15) is 24.0 Å². The van der Waals surface area contributed by atoms with E-state index in [9.17, 15) is 4.79 Å². The van der Waals surface area contributed by atoms with Gasteiger partial charge in [-0.1, -0.05) is 18.2 Å². The molecule has 1 aliphatic heterocycles. The molecule has 0 radical (unpaired) electrons. The second-order valence-electron chi connectivity index (χ2n) is 7.88. The van der Waals surface area contributed by atoms with E-state index in [1.165, 1.54) is 0 Å². The van der Waals surface area contributed by atoms with Crippen LogP contribution in [0.3, 0.4) is 0 Å². The SMILES string of the molecule is COc1ccc(CN(Cc2coc3ccccc3c2=O)CC2CCCO2)c(OC)c1OC. The van der Waals surface area contributed by atoms with Crippen LogP contribution in [0, 0.1) is 0 Å². The molecule has 1 unspecified atom stereocenters. The third-order valence-electron chi connectivity index (χ3n) is 5.81. The molecule has 0 aliphatic carbocycles. The third-order valence-corrected chi connectivity index (χ3v) is 5.81. The molecule has 1 aliphatic rings. The van der Waals surface area contributed by atoms with Crippen molar-refractivity contribution in [1.29, 1.82) is 0 Å². The maximum absolute atomic E-state index is 13.1. The molecule has 1 atom stereocenters. The lowest BCUT2D eigenvalue weighted by molar-refractivity contribution is 0.0673. The molecular formula is C25H29NO6. The predicted octanol–water partition coefficient (Wildman–Crippen LogP) is 4.00. The van der Waals surface area contributed by atoms with Gasteiger partial charge in [0, 0.05) is 37.4 Å². The van der Waals surface area contributed by atoms with Gasteiger partial charge in [-0.05, 0) is 31.0 Å². The van der Waals surface area contributed by atoms with Crippen LogP contribution in [0.5, 0.6) is 17.2 Å². The molecule has 7 heteroatoms. The number of hydrogen-bond acceptors (Lipinski definition) is 7. The minimum absolute atomic E-state index is 0.0107. The van der Waals surface area contributed by atoms with Gasteiger partial charge in [-0.25, -0.2) is 0 Å². The van der Waals surface area contributed by atoms with Gasteiger partial charge in [0.25, 0.3) is 0 Å². The molecule has 32 heavy (non-hydrogen) atoms. The summed E-state index contributed by atoms with van der Waals surface area (Å²) in [4.78, 5) is 15.3. The molecule has 2 aromatic carbocycles. The highest BCUT2D eigenvalue weighted by atomic mass is 16.5. The fraction of sp³-hybridized carbons (Fsp3) is 0.400. The molecule has 3 aromatic rings. The van der Waals surface area contributed by atoms with E-state index >= 15 is 0 Å². The molecular weight excluding hydrogens is 410 g/mol. The average Bonchev–Trinajstić information content (AvgIpc) is 3.33. The van der Waals surface area contributed by atoms with Crippen molar-refractivity contribution in [3.05, 3.63) is 64.0 Å². The number of fused-ring (bicyclic) bond motifs is 1. The van der Waals surface area contributed by atoms with E-state index in [1.807, 2.05) is 24.3 Å². The zero-order valence-electron chi connectivity index (χ0n) is 18.8. The van der Waals surface area contributed by atoms with E-state index in [4.69, 9.17) is 23.4 Å². The van der Waals surface area contributed by atoms with Crippen molar-refractivity contribution in [3.63, 3.8) is 0 Å². The number of methoxy groups -OCH3 is 3. The van der Waals surface area contributed by atoms with Gasteiger partial charge in [-0.2, -0.15) is 0 Å². The first kappa shape index (κ1) is 22.2. The van der Waals surface area contributed by atoms with Crippen LogP contribution < -0.4 is 19.6 Å². The summed E-state index contributed by atoms with van der Waals surface area (Å²) in [7, 11) is 4.80. The van der Waals surface area contributed by atoms with Crippen molar-refractivity contribution in [1.82, 2.24) is 4.90 Å². The topological polar surface area (TPSA) is 70.4 Å². The highest BCUT2D eigenvalue weighted by Crippen LogP contribution is 2.40. The van der Waals surface area contributed by atoms with E-state index in [-0.39, 0.29) is 11.5 Å². The maximum Gasteiger partial charge on any atom is 0.203 e. The average molecular weight is 440 g/mol. The Morgan fingerprint density at radius 3 is 2.47 bits per heavy atom. The molecule has 0 N–H and O–H groups in total. The molecule has 1 fully saturated rings. The Balaban J connectivity index is 1.66. The summed E-state index contributed by atoms with van der Waals surface area (Å²) in [5.74, 6) is 1.78. The summed E-state index contributed by atoms with van der Waals surface area (Å²) in [6.45, 7) is 2.46. The highest BCUT2D eigenvalue weighted by molar-refractivity contribution is 5.76. The number of para-hydroxylation sites is 1. The lowest BCUT2D eigenvalue weighted by atomic mass is 10.1. The van der Waals surface area contributed by atoms with Crippen LogP contribution in [0.4, 0.5) is 0 Å². The van der Waals surface area contributed by atoms with Crippen LogP contribution >= 0.6 is 0 Å². The molecule has 1 aromatic heterocycles. The largest absolute Gasteiger partial charge is 0.493 e. The Labute approximate surface area is 187 Å². The quantitative estimate of drug-likeness (QED) is 0.499. The number of ether oxygens (including phenoxy) is 4. The summed E-state index contributed by atoms with van der Waals surface area (Å²) in [6.07, 6.45) is 3.76. The zero-order chi connectivity index (χ0) is 22.5. The van der Waals surface area contributed by atoms with Crippen molar-refractivity contribution in [2.24, 2.45) is 0 Å². The first-order valence-electron chi connectivity index (χ1n) is 10.8. The fourth-order valence-corrected chi connectivity index (χ4v) is 4.26. The summed E-state index contributed by atoms with van der Waals surface area (Å²) >= 11 is 0. The summed E-state index contributed by atoms with van der Waals surface area (Å²) in [5.41, 5.74) is 2.13. The summed E-state index contributed by atoms with van der Waals surface area (Å²) in [6, 6.07) is 11.1. The van der Waals surface area contributed by atoms with Gasteiger partial charge >= 0.3 is 0 Å². The van der Waals surface area contributed by atoms with Crippen molar-refractivity contribution in [2.75, 3.05) is 34.5 Å². The van der Waals surface area contributed by atoms with E-state index in [1.54, 1.807) is 39.7 Å². The summed E-state index contributed by atoms with van der Waals surface area (Å²) in [5, 5.41) is 0.589. The van der Waals surface area contributed by atoms with Gasteiger partial charge < -0.3 is 23.4 Å². The second kappa shape index (κ2) is 10.1. The smallest absolute Gasteiger partial charge is 0.203 e. The van der Waals surface area contributed by atoms with Crippen LogP contribution in [-0.2, 0) is 17.8 Å². The minimum Gasteiger partial charge on any atom is -0.493 e. The molecule has 0 spiro atoms. The van der Waals surface area contributed by atoms with Crippen LogP contribution in [0.2, 0.25) is 0 Å². The van der Waals surface area contributed by atoms with E-state index < -0.39 is 0 Å². The lowest BCUT2D eigenvalue weighted by Crippen LogP contribution is -2.33. The second-order valence-corrected chi connectivity index (χ2v) is 7.88. The Bertz CT molecular complexity index is 1120. The molecule has 1 saturated heterocycles. The monoisotopic (exact) mass is 439 g/mol. The lowest BCUT2D eigenvalue weighted by Gasteiger charge is -2.26. The van der Waals surface area contributed by atoms with Gasteiger partial charge in [-0.15, -0.1) is 0 Å². The molecule has 2 heterocycles. The van der Waals surface area contributed by atoms with Gasteiger partial charge in [-0.3, -0.25) is 9.69 Å². The summed E-state index contributed by atoms with van der Waals surface area (Å²) < 4.78 is 28.2. The van der Waals surface area contributed by atoms with Crippen LogP contribution in [0.25, 0.3) is 11.0 Å². The van der Waals surface area contributed by atoms with Crippen molar-refractivity contribution in [3.8, 4) is 17.2 Å². The first-order chi connectivity index (χ1) is 15.6. The Morgan fingerprint density at radius 1 is 0.969 bits per heavy atom. The van der Waals surface area contributed by atoms with Gasteiger partial charge in [0.2, 0.25) is 5.75 Å². The van der Waals surface area contributed by atoms with Crippen molar-refractivity contribution >= 4 is 11.0 Å². The van der Waals surface area contributed by atoms with E-state index in [2.05, 4.69) is 4.90 Å². The van der Waals surface area contributed by atoms with E-state index in [0.29, 0.717) is 53.4 Å². The molecule has 4 rings (SSSR count). The molecule has 7 nitrogen and oxygen atoms in total. The Morgan fingerprint density at radius 2 is 1.75 bits per heavy atom. The predicted molar refractivity (Wildman–Crippen MR) is 122 cm³/mol. The Hall–Kier alpha value is -3.03. The van der Waals surface area contributed by atoms with Gasteiger partial charge in [0.05, 0.1) is 39.1 Å². The fourth-order valence-electron chi connectivity index (χ4n) is 4.26. The first-order valence-corrected chi connectivity index (χ1v) is 10.8. The molecule has 0 saturated carbocycles. The molecule has 0 bridgehead atoms. The number of nitrogens with zero attached hydrogens (tertiary/aromatic N) is 1. The number of rotatable bonds is 9. The van der Waals surface area contributed by atoms with Gasteiger partial charge in [0.1, 0.15) is 5.58 Å². The number of benzene rings is 2. The van der Waals surface area contributed by atoms with Crippen LogP contribution in [-0.4, -0.2) is 45.5 Å². The molecule has 170 valence electrons. The number of hydrogen-bond donors (Lipinski definition) is 0. The van der Waals surface area contributed by atoms with Crippen molar-refractivity contribution in [2.45, 2.75) is 32.0 Å². The van der Waals surface area contributed by atoms with Crippen molar-refractivity contribution < 1.29 is 23.4 Å². The minimum atomic E-state index is -0.0107. The Kier molecular flexibility index (Phi) is 6.97. The normalized spacial score (nSPS) is 15.9.